The topological polar surface area (TPSA) is 50.4 Å². The van der Waals surface area contributed by atoms with E-state index in [1.807, 2.05) is 0 Å². The van der Waals surface area contributed by atoms with Crippen molar-refractivity contribution in [2.45, 2.75) is 51.0 Å². The zero-order valence-electron chi connectivity index (χ0n) is 10.5. The molecule has 2 fully saturated rings. The highest BCUT2D eigenvalue weighted by atomic mass is 16.5. The summed E-state index contributed by atoms with van der Waals surface area (Å²) in [7, 11) is 0. The number of hydrogen-bond acceptors (Lipinski definition) is 2. The highest BCUT2D eigenvalue weighted by Crippen LogP contribution is 2.28. The molecule has 0 aromatic heterocycles. The van der Waals surface area contributed by atoms with Crippen LogP contribution in [0, 0.1) is 5.92 Å². The second-order valence-corrected chi connectivity index (χ2v) is 5.25. The number of carbonyl (C=O) groups excluding carboxylic acids is 1. The molecule has 0 aromatic carbocycles. The van der Waals surface area contributed by atoms with Crippen LogP contribution in [0.5, 0.6) is 0 Å². The highest BCUT2D eigenvalue weighted by Gasteiger charge is 2.17. The van der Waals surface area contributed by atoms with Gasteiger partial charge in [-0.1, -0.05) is 25.7 Å². The summed E-state index contributed by atoms with van der Waals surface area (Å²) in [6.45, 7) is 2.23. The van der Waals surface area contributed by atoms with Crippen LogP contribution in [0.15, 0.2) is 0 Å². The maximum atomic E-state index is 11.5. The van der Waals surface area contributed by atoms with E-state index >= 15 is 0 Å². The molecule has 0 bridgehead atoms. The van der Waals surface area contributed by atoms with Crippen molar-refractivity contribution in [3.8, 4) is 0 Å². The van der Waals surface area contributed by atoms with Gasteiger partial charge in [0.1, 0.15) is 0 Å². The summed E-state index contributed by atoms with van der Waals surface area (Å²) < 4.78 is 5.21. The fourth-order valence-electron chi connectivity index (χ4n) is 2.78. The van der Waals surface area contributed by atoms with Crippen molar-refractivity contribution in [3.63, 3.8) is 0 Å². The molecule has 98 valence electrons. The van der Waals surface area contributed by atoms with Gasteiger partial charge in [0.25, 0.3) is 0 Å². The van der Waals surface area contributed by atoms with Gasteiger partial charge in [-0.25, -0.2) is 4.79 Å². The second-order valence-electron chi connectivity index (χ2n) is 5.25. The Morgan fingerprint density at radius 2 is 2.06 bits per heavy atom. The largest absolute Gasteiger partial charge is 0.379 e. The molecule has 0 spiro atoms. The van der Waals surface area contributed by atoms with Gasteiger partial charge < -0.3 is 15.4 Å². The third-order valence-corrected chi connectivity index (χ3v) is 3.81. The van der Waals surface area contributed by atoms with E-state index < -0.39 is 0 Å². The number of nitrogens with one attached hydrogen (secondary N) is 2. The molecule has 0 radical (unpaired) electrons. The van der Waals surface area contributed by atoms with Gasteiger partial charge in [0.05, 0.1) is 12.6 Å². The lowest BCUT2D eigenvalue weighted by Gasteiger charge is -2.12. The van der Waals surface area contributed by atoms with Crippen molar-refractivity contribution in [3.05, 3.63) is 0 Å². The van der Waals surface area contributed by atoms with E-state index in [-0.39, 0.29) is 12.1 Å². The van der Waals surface area contributed by atoms with E-state index in [1.165, 1.54) is 32.1 Å². The summed E-state index contributed by atoms with van der Waals surface area (Å²) in [6, 6.07) is 0.178. The molecule has 1 unspecified atom stereocenters. The molecule has 1 heterocycles. The molecule has 2 rings (SSSR count). The van der Waals surface area contributed by atoms with E-state index in [9.17, 15) is 4.79 Å². The van der Waals surface area contributed by atoms with Gasteiger partial charge in [0, 0.05) is 13.2 Å². The van der Waals surface area contributed by atoms with Crippen LogP contribution < -0.4 is 10.6 Å². The predicted octanol–water partition coefficient (Wildman–Crippen LogP) is 2.04. The van der Waals surface area contributed by atoms with Gasteiger partial charge >= 0.3 is 6.03 Å². The van der Waals surface area contributed by atoms with Crippen LogP contribution in [0.3, 0.4) is 0 Å². The second kappa shape index (κ2) is 6.84. The third-order valence-electron chi connectivity index (χ3n) is 3.81. The molecule has 2 aliphatic rings. The Bertz CT molecular complexity index is 234. The van der Waals surface area contributed by atoms with E-state index in [4.69, 9.17) is 4.74 Å². The molecule has 1 aliphatic heterocycles. The maximum Gasteiger partial charge on any atom is 0.315 e. The van der Waals surface area contributed by atoms with Crippen LogP contribution in [-0.2, 0) is 4.74 Å². The van der Waals surface area contributed by atoms with E-state index in [1.54, 1.807) is 0 Å². The standard InChI is InChI=1S/C13H24N2O2/c16-13(15-12-7-9-17-10-12)14-8-3-6-11-4-1-2-5-11/h11-12H,1-10H2,(H2,14,15,16). The van der Waals surface area contributed by atoms with Crippen molar-refractivity contribution in [2.75, 3.05) is 19.8 Å². The van der Waals surface area contributed by atoms with Crippen molar-refractivity contribution in [2.24, 2.45) is 5.92 Å². The number of carbonyl (C=O) groups is 1. The number of ether oxygens (including phenoxy) is 1. The number of urea groups is 1. The summed E-state index contributed by atoms with van der Waals surface area (Å²) >= 11 is 0. The number of rotatable bonds is 5. The first-order chi connectivity index (χ1) is 8.34. The third kappa shape index (κ3) is 4.54. The van der Waals surface area contributed by atoms with Crippen LogP contribution in [0.1, 0.15) is 44.9 Å². The van der Waals surface area contributed by atoms with Crippen LogP contribution >= 0.6 is 0 Å². The quantitative estimate of drug-likeness (QED) is 0.723. The van der Waals surface area contributed by atoms with Gasteiger partial charge in [0.15, 0.2) is 0 Å². The molecule has 4 heteroatoms. The smallest absolute Gasteiger partial charge is 0.315 e. The normalized spacial score (nSPS) is 25.1. The Labute approximate surface area is 103 Å². The molecule has 2 amide bonds. The summed E-state index contributed by atoms with van der Waals surface area (Å²) in [5.41, 5.74) is 0. The van der Waals surface area contributed by atoms with Crippen LogP contribution in [0.25, 0.3) is 0 Å². The van der Waals surface area contributed by atoms with Crippen molar-refractivity contribution < 1.29 is 9.53 Å². The maximum absolute atomic E-state index is 11.5. The van der Waals surface area contributed by atoms with Crippen molar-refractivity contribution >= 4 is 6.03 Å². The first-order valence-corrected chi connectivity index (χ1v) is 6.96. The van der Waals surface area contributed by atoms with Crippen LogP contribution in [0.4, 0.5) is 4.79 Å². The summed E-state index contributed by atoms with van der Waals surface area (Å²) in [6.07, 6.45) is 8.92. The molecule has 1 atom stereocenters. The molecular formula is C13H24N2O2. The molecule has 1 saturated heterocycles. The summed E-state index contributed by atoms with van der Waals surface area (Å²) in [5.74, 6) is 0.920. The Morgan fingerprint density at radius 1 is 1.24 bits per heavy atom. The van der Waals surface area contributed by atoms with Crippen LogP contribution in [-0.4, -0.2) is 31.8 Å². The molecule has 17 heavy (non-hydrogen) atoms. The minimum Gasteiger partial charge on any atom is -0.379 e. The molecule has 0 aromatic rings. The average molecular weight is 240 g/mol. The van der Waals surface area contributed by atoms with Gasteiger partial charge in [-0.15, -0.1) is 0 Å². The van der Waals surface area contributed by atoms with Gasteiger partial charge in [0.2, 0.25) is 0 Å². The van der Waals surface area contributed by atoms with Crippen molar-refractivity contribution in [1.82, 2.24) is 10.6 Å². The number of hydrogen-bond donors (Lipinski definition) is 2. The number of amides is 2. The lowest BCUT2D eigenvalue weighted by Crippen LogP contribution is -2.42. The lowest BCUT2D eigenvalue weighted by molar-refractivity contribution is 0.188. The van der Waals surface area contributed by atoms with E-state index in [2.05, 4.69) is 10.6 Å². The monoisotopic (exact) mass is 240 g/mol. The fraction of sp³-hybridized carbons (Fsp3) is 0.923. The minimum absolute atomic E-state index is 0.0353. The van der Waals surface area contributed by atoms with E-state index in [0.717, 1.165) is 31.9 Å². The summed E-state index contributed by atoms with van der Waals surface area (Å²) in [5, 5.41) is 5.86. The van der Waals surface area contributed by atoms with Crippen molar-refractivity contribution in [1.29, 1.82) is 0 Å². The molecule has 4 nitrogen and oxygen atoms in total. The van der Waals surface area contributed by atoms with Gasteiger partial charge in [-0.3, -0.25) is 0 Å². The highest BCUT2D eigenvalue weighted by molar-refractivity contribution is 5.74. The minimum atomic E-state index is -0.0353. The summed E-state index contributed by atoms with van der Waals surface area (Å²) in [4.78, 5) is 11.5. The fourth-order valence-corrected chi connectivity index (χ4v) is 2.78. The predicted molar refractivity (Wildman–Crippen MR) is 67.0 cm³/mol. The Hall–Kier alpha value is -0.770. The zero-order valence-corrected chi connectivity index (χ0v) is 10.5. The molecule has 2 N–H and O–H groups in total. The first kappa shape index (κ1) is 12.7. The Balaban J connectivity index is 1.47. The Kier molecular flexibility index (Phi) is 5.10. The SMILES string of the molecule is O=C(NCCCC1CCCC1)NC1CCOC1. The first-order valence-electron chi connectivity index (χ1n) is 6.96. The lowest BCUT2D eigenvalue weighted by atomic mass is 10.0. The zero-order chi connectivity index (χ0) is 11.9. The average Bonchev–Trinajstić information content (AvgIpc) is 2.96. The van der Waals surface area contributed by atoms with Gasteiger partial charge in [-0.05, 0) is 25.2 Å². The van der Waals surface area contributed by atoms with Gasteiger partial charge in [-0.2, -0.15) is 0 Å². The van der Waals surface area contributed by atoms with E-state index in [0.29, 0.717) is 6.61 Å². The molecular weight excluding hydrogens is 216 g/mol. The molecule has 1 aliphatic carbocycles. The van der Waals surface area contributed by atoms with Crippen LogP contribution in [0.2, 0.25) is 0 Å². The Morgan fingerprint density at radius 3 is 2.76 bits per heavy atom. The molecule has 1 saturated carbocycles.